The highest BCUT2D eigenvalue weighted by Crippen LogP contribution is 2.25. The fourth-order valence-electron chi connectivity index (χ4n) is 2.12. The van der Waals surface area contributed by atoms with Crippen molar-refractivity contribution in [2.75, 3.05) is 18.8 Å². The minimum Gasteiger partial charge on any atom is -0.304 e. The van der Waals surface area contributed by atoms with E-state index >= 15 is 0 Å². The summed E-state index contributed by atoms with van der Waals surface area (Å²) in [6.45, 7) is 0.366. The maximum absolute atomic E-state index is 12.2. The van der Waals surface area contributed by atoms with Crippen LogP contribution < -0.4 is 5.32 Å². The Kier molecular flexibility index (Phi) is 3.81. The first-order valence-corrected chi connectivity index (χ1v) is 7.97. The van der Waals surface area contributed by atoms with E-state index in [1.165, 1.54) is 11.8 Å². The van der Waals surface area contributed by atoms with Gasteiger partial charge in [0.15, 0.2) is 5.17 Å². The lowest BCUT2D eigenvalue weighted by Crippen LogP contribution is -2.41. The van der Waals surface area contributed by atoms with E-state index in [1.807, 2.05) is 0 Å². The molecule has 1 N–H and O–H groups in total. The molecule has 0 aromatic heterocycles. The number of benzene rings is 1. The Hall–Kier alpha value is -1.67. The summed E-state index contributed by atoms with van der Waals surface area (Å²) in [4.78, 5) is 41.3. The second-order valence-corrected chi connectivity index (χ2v) is 6.47. The third-order valence-corrected chi connectivity index (χ3v) is 4.45. The van der Waals surface area contributed by atoms with Gasteiger partial charge in [-0.3, -0.25) is 24.3 Å². The monoisotopic (exact) mass is 367 g/mol. The van der Waals surface area contributed by atoms with Crippen LogP contribution in [0.2, 0.25) is 0 Å². The van der Waals surface area contributed by atoms with Crippen LogP contribution in [-0.2, 0) is 4.79 Å². The van der Waals surface area contributed by atoms with Gasteiger partial charge >= 0.3 is 0 Å². The van der Waals surface area contributed by atoms with Crippen molar-refractivity contribution in [2.45, 2.75) is 0 Å². The maximum atomic E-state index is 12.2. The second kappa shape index (κ2) is 5.61. The van der Waals surface area contributed by atoms with E-state index in [4.69, 9.17) is 0 Å². The van der Waals surface area contributed by atoms with E-state index in [0.717, 1.165) is 10.7 Å². The largest absolute Gasteiger partial charge is 0.304 e. The molecule has 0 aliphatic carbocycles. The lowest BCUT2D eigenvalue weighted by molar-refractivity contribution is -0.119. The van der Waals surface area contributed by atoms with E-state index in [9.17, 15) is 14.4 Å². The average Bonchev–Trinajstić information content (AvgIpc) is 3.02. The fraction of sp³-hybridized carbons (Fsp3) is 0.231. The lowest BCUT2D eigenvalue weighted by atomic mass is 10.1. The Bertz CT molecular complexity index is 689. The van der Waals surface area contributed by atoms with Gasteiger partial charge in [0.05, 0.1) is 17.7 Å². The molecule has 1 aromatic rings. The number of amides is 3. The van der Waals surface area contributed by atoms with Gasteiger partial charge in [-0.2, -0.15) is 0 Å². The van der Waals surface area contributed by atoms with E-state index in [-0.39, 0.29) is 6.54 Å². The van der Waals surface area contributed by atoms with Gasteiger partial charge in [0, 0.05) is 10.2 Å². The van der Waals surface area contributed by atoms with Gasteiger partial charge < -0.3 is 5.32 Å². The lowest BCUT2D eigenvalue weighted by Gasteiger charge is -2.13. The molecule has 1 aromatic carbocycles. The predicted molar refractivity (Wildman–Crippen MR) is 82.4 cm³/mol. The van der Waals surface area contributed by atoms with Crippen LogP contribution in [0.25, 0.3) is 0 Å². The summed E-state index contributed by atoms with van der Waals surface area (Å²) in [6, 6.07) is 4.86. The number of halogens is 1. The van der Waals surface area contributed by atoms with Crippen LogP contribution in [-0.4, -0.2) is 46.6 Å². The molecule has 0 fully saturated rings. The van der Waals surface area contributed by atoms with Crippen molar-refractivity contribution in [1.29, 1.82) is 0 Å². The molecule has 0 saturated heterocycles. The summed E-state index contributed by atoms with van der Waals surface area (Å²) in [7, 11) is 0. The van der Waals surface area contributed by atoms with E-state index < -0.39 is 17.7 Å². The number of hydrogen-bond acceptors (Lipinski definition) is 5. The third kappa shape index (κ3) is 2.73. The molecule has 0 unspecified atom stereocenters. The van der Waals surface area contributed by atoms with Crippen LogP contribution in [0.3, 0.4) is 0 Å². The number of rotatable bonds is 2. The normalized spacial score (nSPS) is 17.0. The number of hydrogen-bond donors (Lipinski definition) is 1. The molecule has 0 spiro atoms. The number of imide groups is 1. The Morgan fingerprint density at radius 2 is 2.10 bits per heavy atom. The standard InChI is InChI=1S/C13H10BrN3O3S/c14-7-1-2-8-9(5-7)12(20)17(11(8)19)6-10(18)16-13-15-3-4-21-13/h1-2,5H,3-4,6H2,(H,15,16,18). The van der Waals surface area contributed by atoms with Crippen molar-refractivity contribution in [1.82, 2.24) is 10.2 Å². The summed E-state index contributed by atoms with van der Waals surface area (Å²) in [5, 5.41) is 3.14. The predicted octanol–water partition coefficient (Wildman–Crippen LogP) is 1.26. The molecule has 2 aliphatic heterocycles. The first kappa shape index (κ1) is 14.3. The molecule has 8 heteroatoms. The SMILES string of the molecule is O=C(CN1C(=O)c2ccc(Br)cc2C1=O)NC1=NCCS1. The first-order chi connectivity index (χ1) is 10.1. The zero-order valence-electron chi connectivity index (χ0n) is 10.8. The molecule has 3 rings (SSSR count). The molecule has 21 heavy (non-hydrogen) atoms. The molecule has 0 radical (unpaired) electrons. The molecular formula is C13H10BrN3O3S. The smallest absolute Gasteiger partial charge is 0.262 e. The van der Waals surface area contributed by atoms with Crippen LogP contribution in [0.4, 0.5) is 0 Å². The van der Waals surface area contributed by atoms with Gasteiger partial charge in [0.25, 0.3) is 11.8 Å². The van der Waals surface area contributed by atoms with Crippen LogP contribution in [0.5, 0.6) is 0 Å². The summed E-state index contributed by atoms with van der Waals surface area (Å²) in [6.07, 6.45) is 0. The Morgan fingerprint density at radius 1 is 1.33 bits per heavy atom. The fourth-order valence-corrected chi connectivity index (χ4v) is 3.23. The number of nitrogens with one attached hydrogen (secondary N) is 1. The Morgan fingerprint density at radius 3 is 2.81 bits per heavy atom. The van der Waals surface area contributed by atoms with Gasteiger partial charge in [-0.1, -0.05) is 27.7 Å². The molecule has 0 bridgehead atoms. The molecule has 0 atom stereocenters. The van der Waals surface area contributed by atoms with Crippen molar-refractivity contribution < 1.29 is 14.4 Å². The number of carbonyl (C=O) groups excluding carboxylic acids is 3. The number of thioether (sulfide) groups is 1. The van der Waals surface area contributed by atoms with Crippen molar-refractivity contribution in [2.24, 2.45) is 4.99 Å². The molecule has 2 heterocycles. The van der Waals surface area contributed by atoms with Gasteiger partial charge in [-0.15, -0.1) is 0 Å². The van der Waals surface area contributed by atoms with E-state index in [2.05, 4.69) is 26.2 Å². The number of fused-ring (bicyclic) bond motifs is 1. The summed E-state index contributed by atoms with van der Waals surface area (Å²) < 4.78 is 0.713. The van der Waals surface area contributed by atoms with Gasteiger partial charge in [0.1, 0.15) is 6.54 Å². The van der Waals surface area contributed by atoms with Crippen LogP contribution in [0, 0.1) is 0 Å². The van der Waals surface area contributed by atoms with Crippen LogP contribution in [0.1, 0.15) is 20.7 Å². The van der Waals surface area contributed by atoms with Gasteiger partial charge in [-0.05, 0) is 18.2 Å². The van der Waals surface area contributed by atoms with Gasteiger partial charge in [0.2, 0.25) is 5.91 Å². The first-order valence-electron chi connectivity index (χ1n) is 6.19. The topological polar surface area (TPSA) is 78.8 Å². The van der Waals surface area contributed by atoms with Crippen LogP contribution >= 0.6 is 27.7 Å². The van der Waals surface area contributed by atoms with Crippen LogP contribution in [0.15, 0.2) is 27.7 Å². The van der Waals surface area contributed by atoms with Crippen molar-refractivity contribution in [3.63, 3.8) is 0 Å². The highest BCUT2D eigenvalue weighted by Gasteiger charge is 2.36. The zero-order valence-corrected chi connectivity index (χ0v) is 13.2. The number of carbonyl (C=O) groups is 3. The average molecular weight is 368 g/mol. The summed E-state index contributed by atoms with van der Waals surface area (Å²) >= 11 is 4.70. The van der Waals surface area contributed by atoms with E-state index in [1.54, 1.807) is 18.2 Å². The summed E-state index contributed by atoms with van der Waals surface area (Å²) in [5.74, 6) is -0.487. The number of amidine groups is 1. The minimum atomic E-state index is -0.451. The zero-order chi connectivity index (χ0) is 15.0. The molecule has 0 saturated carbocycles. The highest BCUT2D eigenvalue weighted by molar-refractivity contribution is 9.10. The maximum Gasteiger partial charge on any atom is 0.262 e. The van der Waals surface area contributed by atoms with Gasteiger partial charge in [-0.25, -0.2) is 0 Å². The Labute approximate surface area is 133 Å². The molecule has 2 aliphatic rings. The quantitative estimate of drug-likeness (QED) is 0.798. The molecule has 3 amide bonds. The molecule has 6 nitrogen and oxygen atoms in total. The second-order valence-electron chi connectivity index (χ2n) is 4.47. The Balaban J connectivity index is 1.74. The minimum absolute atomic E-state index is 0.302. The number of aliphatic imine (C=N–C) groups is 1. The molecular weight excluding hydrogens is 358 g/mol. The van der Waals surface area contributed by atoms with Crippen molar-refractivity contribution >= 4 is 50.6 Å². The number of nitrogens with zero attached hydrogens (tertiary/aromatic N) is 2. The highest BCUT2D eigenvalue weighted by atomic mass is 79.9. The third-order valence-electron chi connectivity index (χ3n) is 3.07. The molecule has 108 valence electrons. The van der Waals surface area contributed by atoms with Crippen molar-refractivity contribution in [3.8, 4) is 0 Å². The summed E-state index contributed by atoms with van der Waals surface area (Å²) in [5.41, 5.74) is 0.637. The van der Waals surface area contributed by atoms with E-state index in [0.29, 0.717) is 27.3 Å². The van der Waals surface area contributed by atoms with Crippen molar-refractivity contribution in [3.05, 3.63) is 33.8 Å².